The van der Waals surface area contributed by atoms with Crippen molar-refractivity contribution in [3.63, 3.8) is 0 Å². The summed E-state index contributed by atoms with van der Waals surface area (Å²) in [5.74, 6) is -1.38. The summed E-state index contributed by atoms with van der Waals surface area (Å²) in [6.45, 7) is 4.04. The Balaban J connectivity index is 2.32. The first-order valence-corrected chi connectivity index (χ1v) is 8.11. The van der Waals surface area contributed by atoms with Crippen LogP contribution in [-0.4, -0.2) is 31.5 Å². The van der Waals surface area contributed by atoms with Crippen LogP contribution in [0.1, 0.15) is 19.6 Å². The molecule has 1 saturated heterocycles. The van der Waals surface area contributed by atoms with Crippen LogP contribution in [0, 0.1) is 5.92 Å². The molecule has 11 heteroatoms. The molecule has 0 spiro atoms. The molecule has 3 atom stereocenters. The first-order valence-electron chi connectivity index (χ1n) is 6.58. The molecule has 0 bridgehead atoms. The molecular weight excluding hydrogens is 334 g/mol. The Kier molecular flexibility index (Phi) is 4.74. The van der Waals surface area contributed by atoms with Gasteiger partial charge in [-0.05, 0) is 6.42 Å². The molecule has 23 heavy (non-hydrogen) atoms. The van der Waals surface area contributed by atoms with E-state index >= 15 is 0 Å². The van der Waals surface area contributed by atoms with Crippen molar-refractivity contribution < 1.29 is 28.0 Å². The smallest absolute Gasteiger partial charge is 0.342 e. The number of hydrogen-bond donors (Lipinski definition) is 3. The molecule has 0 aromatic carbocycles. The Hall–Kier alpha value is -1.58. The van der Waals surface area contributed by atoms with Crippen molar-refractivity contribution in [1.29, 1.82) is 0 Å². The number of H-pyrrole nitrogens is 1. The van der Waals surface area contributed by atoms with Crippen molar-refractivity contribution >= 4 is 7.82 Å². The Morgan fingerprint density at radius 1 is 1.65 bits per heavy atom. The van der Waals surface area contributed by atoms with Crippen LogP contribution in [0.25, 0.3) is 0 Å². The molecule has 1 fully saturated rings. The van der Waals surface area contributed by atoms with Crippen LogP contribution in [0.5, 0.6) is 0 Å². The number of ether oxygens (including phenoxy) is 1. The summed E-state index contributed by atoms with van der Waals surface area (Å²) in [6.07, 6.45) is 0.231. The van der Waals surface area contributed by atoms with Crippen LogP contribution < -0.4 is 11.2 Å². The van der Waals surface area contributed by atoms with Gasteiger partial charge in [0.25, 0.3) is 5.56 Å². The predicted molar refractivity (Wildman–Crippen MR) is 76.2 cm³/mol. The first-order chi connectivity index (χ1) is 10.5. The van der Waals surface area contributed by atoms with Gasteiger partial charge < -0.3 is 14.5 Å². The Labute approximate surface area is 129 Å². The Morgan fingerprint density at radius 3 is 2.83 bits per heavy atom. The number of nitrogens with zero attached hydrogens (tertiary/aromatic N) is 1. The second-order valence-electron chi connectivity index (χ2n) is 5.37. The number of phosphoric ester groups is 1. The molecule has 0 aliphatic carbocycles. The maximum Gasteiger partial charge on any atom is 0.469 e. The van der Waals surface area contributed by atoms with Gasteiger partial charge in [0.15, 0.2) is 0 Å². The van der Waals surface area contributed by atoms with Crippen molar-refractivity contribution in [1.82, 2.24) is 9.55 Å². The standard InChI is InChI=1S/C12H16FN2O7P/c1-7-5-12(8(2)13,6-21-23(18,19)20)22-10(7)15-4-3-9(16)14-11(15)17/h3-4,7,10H,2,5-6H2,1H3,(H,14,16,17)(H2,18,19,20)/t7-,10+,12-/m0/s1. The Morgan fingerprint density at radius 2 is 2.30 bits per heavy atom. The molecule has 0 amide bonds. The molecule has 2 rings (SSSR count). The van der Waals surface area contributed by atoms with Crippen LogP contribution in [0.3, 0.4) is 0 Å². The van der Waals surface area contributed by atoms with Crippen LogP contribution in [-0.2, 0) is 13.8 Å². The van der Waals surface area contributed by atoms with Gasteiger partial charge in [-0.3, -0.25) is 18.9 Å². The van der Waals surface area contributed by atoms with Crippen molar-refractivity contribution in [2.24, 2.45) is 5.92 Å². The van der Waals surface area contributed by atoms with E-state index in [4.69, 9.17) is 14.5 Å². The van der Waals surface area contributed by atoms with Crippen molar-refractivity contribution in [3.8, 4) is 0 Å². The zero-order valence-corrected chi connectivity index (χ0v) is 13.0. The molecule has 1 aromatic rings. The van der Waals surface area contributed by atoms with E-state index in [1.807, 2.05) is 4.98 Å². The highest BCUT2D eigenvalue weighted by Gasteiger charge is 2.49. The quantitative estimate of drug-likeness (QED) is 0.656. The van der Waals surface area contributed by atoms with Crippen LogP contribution in [0.2, 0.25) is 0 Å². The minimum Gasteiger partial charge on any atom is -0.342 e. The summed E-state index contributed by atoms with van der Waals surface area (Å²) in [5.41, 5.74) is -3.13. The maximum atomic E-state index is 13.9. The van der Waals surface area contributed by atoms with Crippen LogP contribution in [0.4, 0.5) is 4.39 Å². The zero-order valence-electron chi connectivity index (χ0n) is 12.1. The van der Waals surface area contributed by atoms with Crippen LogP contribution in [0.15, 0.2) is 34.3 Å². The third kappa shape index (κ3) is 3.85. The van der Waals surface area contributed by atoms with E-state index in [2.05, 4.69) is 11.1 Å². The van der Waals surface area contributed by atoms with Crippen molar-refractivity contribution in [2.75, 3.05) is 6.61 Å². The predicted octanol–water partition coefficient (Wildman–Crippen LogP) is 0.423. The SMILES string of the molecule is C=C(F)[C@@]1(COP(=O)(O)O)C[C@H](C)[C@H](n2ccc(=O)[nH]c2=O)O1. The molecule has 0 unspecified atom stereocenters. The summed E-state index contributed by atoms with van der Waals surface area (Å²) >= 11 is 0. The van der Waals surface area contributed by atoms with Gasteiger partial charge in [-0.2, -0.15) is 0 Å². The van der Waals surface area contributed by atoms with E-state index in [0.29, 0.717) is 0 Å². The zero-order chi connectivity index (χ0) is 17.4. The molecule has 1 aliphatic heterocycles. The molecule has 3 N–H and O–H groups in total. The van der Waals surface area contributed by atoms with Crippen LogP contribution >= 0.6 is 7.82 Å². The van der Waals surface area contributed by atoms with E-state index in [0.717, 1.165) is 10.6 Å². The molecule has 9 nitrogen and oxygen atoms in total. The summed E-state index contributed by atoms with van der Waals surface area (Å²) in [7, 11) is -4.83. The van der Waals surface area contributed by atoms with Gasteiger partial charge in [-0.15, -0.1) is 0 Å². The molecule has 2 heterocycles. The monoisotopic (exact) mass is 350 g/mol. The lowest BCUT2D eigenvalue weighted by atomic mass is 9.94. The van der Waals surface area contributed by atoms with E-state index in [9.17, 15) is 18.5 Å². The fourth-order valence-electron chi connectivity index (χ4n) is 2.51. The molecule has 128 valence electrons. The summed E-state index contributed by atoms with van der Waals surface area (Å²) in [5, 5.41) is 0. The maximum absolute atomic E-state index is 13.9. The van der Waals surface area contributed by atoms with Gasteiger partial charge in [-0.25, -0.2) is 13.8 Å². The molecule has 1 aliphatic rings. The first kappa shape index (κ1) is 17.8. The lowest BCUT2D eigenvalue weighted by Gasteiger charge is -2.27. The lowest BCUT2D eigenvalue weighted by Crippen LogP contribution is -2.37. The normalized spacial score (nSPS) is 28.0. The number of aromatic amines is 1. The Bertz CT molecular complexity index is 769. The van der Waals surface area contributed by atoms with E-state index in [1.54, 1.807) is 6.92 Å². The largest absolute Gasteiger partial charge is 0.469 e. The minimum absolute atomic E-state index is 0.0153. The second kappa shape index (κ2) is 6.14. The average molecular weight is 350 g/mol. The summed E-state index contributed by atoms with van der Waals surface area (Å²) in [4.78, 5) is 42.5. The topological polar surface area (TPSA) is 131 Å². The number of rotatable bonds is 5. The van der Waals surface area contributed by atoms with Gasteiger partial charge in [0, 0.05) is 18.2 Å². The number of hydrogen-bond acceptors (Lipinski definition) is 5. The molecule has 0 radical (unpaired) electrons. The van der Waals surface area contributed by atoms with Gasteiger partial charge in [-0.1, -0.05) is 13.5 Å². The summed E-state index contributed by atoms with van der Waals surface area (Å²) < 4.78 is 35.7. The minimum atomic E-state index is -4.83. The van der Waals surface area contributed by atoms with Gasteiger partial charge in [0.1, 0.15) is 17.7 Å². The van der Waals surface area contributed by atoms with Crippen molar-refractivity contribution in [2.45, 2.75) is 25.2 Å². The molecule has 0 saturated carbocycles. The highest BCUT2D eigenvalue weighted by molar-refractivity contribution is 7.46. The third-order valence-corrected chi connectivity index (χ3v) is 4.04. The molecule has 1 aromatic heterocycles. The number of phosphoric acid groups is 1. The summed E-state index contributed by atoms with van der Waals surface area (Å²) in [6, 6.07) is 1.11. The van der Waals surface area contributed by atoms with Gasteiger partial charge >= 0.3 is 13.5 Å². The molecular formula is C12H16FN2O7P. The average Bonchev–Trinajstić information content (AvgIpc) is 2.74. The number of nitrogens with one attached hydrogen (secondary N) is 1. The number of halogens is 1. The van der Waals surface area contributed by atoms with Crippen molar-refractivity contribution in [3.05, 3.63) is 45.5 Å². The van der Waals surface area contributed by atoms with Gasteiger partial charge in [0.05, 0.1) is 6.61 Å². The van der Waals surface area contributed by atoms with E-state index in [1.165, 1.54) is 6.20 Å². The highest BCUT2D eigenvalue weighted by atomic mass is 31.2. The number of aromatic nitrogens is 2. The van der Waals surface area contributed by atoms with E-state index in [-0.39, 0.29) is 6.42 Å². The second-order valence-corrected chi connectivity index (χ2v) is 6.61. The highest BCUT2D eigenvalue weighted by Crippen LogP contribution is 2.47. The fraction of sp³-hybridized carbons (Fsp3) is 0.500. The van der Waals surface area contributed by atoms with Gasteiger partial charge in [0.2, 0.25) is 0 Å². The van der Waals surface area contributed by atoms with E-state index < -0.39 is 49.3 Å². The third-order valence-electron chi connectivity index (χ3n) is 3.57. The lowest BCUT2D eigenvalue weighted by molar-refractivity contribution is -0.0904. The fourth-order valence-corrected chi connectivity index (χ4v) is 2.89.